The molecule has 2 amide bonds. The molecule has 0 saturated carbocycles. The number of benzene rings is 1. The van der Waals surface area contributed by atoms with Gasteiger partial charge in [0.1, 0.15) is 11.5 Å². The lowest BCUT2D eigenvalue weighted by molar-refractivity contribution is -0.123. The first kappa shape index (κ1) is 19.9. The number of amides is 2. The summed E-state index contributed by atoms with van der Waals surface area (Å²) < 4.78 is 15.6. The summed E-state index contributed by atoms with van der Waals surface area (Å²) >= 11 is 0.866. The fraction of sp³-hybridized carbons (Fsp3) is 0.250. The molecule has 1 saturated heterocycles. The second kappa shape index (κ2) is 8.45. The number of rotatable bonds is 6. The highest BCUT2D eigenvalue weighted by molar-refractivity contribution is 8.18. The van der Waals surface area contributed by atoms with E-state index in [4.69, 9.17) is 13.9 Å². The highest BCUT2D eigenvalue weighted by Gasteiger charge is 2.34. The number of nitrogens with zero attached hydrogens (tertiary/aromatic N) is 1. The van der Waals surface area contributed by atoms with E-state index in [1.165, 1.54) is 14.2 Å². The Kier molecular flexibility index (Phi) is 6.01. The van der Waals surface area contributed by atoms with Crippen molar-refractivity contribution in [3.8, 4) is 11.3 Å². The van der Waals surface area contributed by atoms with Crippen LogP contribution >= 0.6 is 11.8 Å². The molecular formula is C20H19NO6S. The van der Waals surface area contributed by atoms with Crippen molar-refractivity contribution in [3.05, 3.63) is 52.1 Å². The maximum absolute atomic E-state index is 12.4. The number of ether oxygens (including phenoxy) is 2. The second-order valence-electron chi connectivity index (χ2n) is 6.00. The third-order valence-corrected chi connectivity index (χ3v) is 5.20. The Balaban J connectivity index is 1.86. The third-order valence-electron chi connectivity index (χ3n) is 4.30. The lowest BCUT2D eigenvalue weighted by atomic mass is 10.0. The van der Waals surface area contributed by atoms with Crippen molar-refractivity contribution in [2.24, 2.45) is 0 Å². The van der Waals surface area contributed by atoms with Crippen molar-refractivity contribution in [2.45, 2.75) is 6.92 Å². The highest BCUT2D eigenvalue weighted by atomic mass is 32.2. The number of thioether (sulfide) groups is 1. The minimum Gasteiger partial charge on any atom is -0.465 e. The van der Waals surface area contributed by atoms with Crippen molar-refractivity contribution in [2.75, 3.05) is 27.4 Å². The molecule has 2 aromatic rings. The van der Waals surface area contributed by atoms with E-state index < -0.39 is 5.97 Å². The van der Waals surface area contributed by atoms with E-state index in [-0.39, 0.29) is 24.3 Å². The molecule has 1 aliphatic heterocycles. The molecule has 146 valence electrons. The Labute approximate surface area is 166 Å². The van der Waals surface area contributed by atoms with Crippen LogP contribution in [0.4, 0.5) is 4.79 Å². The van der Waals surface area contributed by atoms with Gasteiger partial charge in [-0.05, 0) is 42.4 Å². The first-order valence-electron chi connectivity index (χ1n) is 8.48. The Hall–Kier alpha value is -2.84. The van der Waals surface area contributed by atoms with E-state index in [1.54, 1.807) is 30.3 Å². The number of carbonyl (C=O) groups is 3. The van der Waals surface area contributed by atoms with Crippen molar-refractivity contribution in [1.29, 1.82) is 0 Å². The number of carbonyl (C=O) groups excluding carboxylic acids is 3. The quantitative estimate of drug-likeness (QED) is 0.538. The summed E-state index contributed by atoms with van der Waals surface area (Å²) in [6, 6.07) is 8.73. The summed E-state index contributed by atoms with van der Waals surface area (Å²) in [7, 11) is 2.84. The molecule has 1 aromatic heterocycles. The number of furan rings is 1. The van der Waals surface area contributed by atoms with Crippen LogP contribution in [-0.4, -0.2) is 49.4 Å². The Morgan fingerprint density at radius 3 is 2.71 bits per heavy atom. The van der Waals surface area contributed by atoms with Gasteiger partial charge in [0.2, 0.25) is 0 Å². The molecule has 3 rings (SSSR count). The molecule has 0 N–H and O–H groups in total. The van der Waals surface area contributed by atoms with Gasteiger partial charge in [-0.1, -0.05) is 12.1 Å². The van der Waals surface area contributed by atoms with Crippen LogP contribution in [-0.2, 0) is 14.3 Å². The summed E-state index contributed by atoms with van der Waals surface area (Å²) in [5, 5.41) is -0.332. The van der Waals surface area contributed by atoms with Gasteiger partial charge in [-0.3, -0.25) is 14.5 Å². The molecule has 7 nitrogen and oxygen atoms in total. The van der Waals surface area contributed by atoms with E-state index in [9.17, 15) is 14.4 Å². The molecule has 1 aromatic carbocycles. The first-order chi connectivity index (χ1) is 13.5. The summed E-state index contributed by atoms with van der Waals surface area (Å²) in [4.78, 5) is 37.7. The van der Waals surface area contributed by atoms with Gasteiger partial charge in [0.05, 0.1) is 30.7 Å². The maximum atomic E-state index is 12.4. The normalized spacial score (nSPS) is 15.5. The predicted molar refractivity (Wildman–Crippen MR) is 105 cm³/mol. The molecule has 0 aliphatic carbocycles. The molecule has 0 atom stereocenters. The lowest BCUT2D eigenvalue weighted by Crippen LogP contribution is -2.31. The van der Waals surface area contributed by atoms with Crippen LogP contribution in [0.3, 0.4) is 0 Å². The van der Waals surface area contributed by atoms with Gasteiger partial charge in [-0.15, -0.1) is 0 Å². The van der Waals surface area contributed by atoms with Gasteiger partial charge < -0.3 is 13.9 Å². The zero-order chi connectivity index (χ0) is 20.3. The standard InChI is InChI=1S/C20H19NO6S/c1-12-14(5-4-6-15(12)19(23)26-3)16-8-7-13(27-16)11-17-18(22)21(9-10-25-2)20(24)28-17/h4-8,11H,9-10H2,1-3H3/b17-11+. The van der Waals surface area contributed by atoms with Gasteiger partial charge in [-0.2, -0.15) is 0 Å². The van der Waals surface area contributed by atoms with Crippen molar-refractivity contribution < 1.29 is 28.3 Å². The minimum atomic E-state index is -0.420. The Morgan fingerprint density at radius 1 is 1.21 bits per heavy atom. The van der Waals surface area contributed by atoms with Gasteiger partial charge >= 0.3 is 5.97 Å². The van der Waals surface area contributed by atoms with E-state index in [0.29, 0.717) is 22.0 Å². The van der Waals surface area contributed by atoms with Crippen LogP contribution in [0.2, 0.25) is 0 Å². The van der Waals surface area contributed by atoms with Crippen LogP contribution in [0.25, 0.3) is 17.4 Å². The zero-order valence-corrected chi connectivity index (χ0v) is 16.5. The number of esters is 1. The highest BCUT2D eigenvalue weighted by Crippen LogP contribution is 2.34. The summed E-state index contributed by atoms with van der Waals surface area (Å²) in [6.07, 6.45) is 1.54. The monoisotopic (exact) mass is 401 g/mol. The topological polar surface area (TPSA) is 86.1 Å². The summed E-state index contributed by atoms with van der Waals surface area (Å²) in [5.74, 6) is 0.202. The first-order valence-corrected chi connectivity index (χ1v) is 9.30. The second-order valence-corrected chi connectivity index (χ2v) is 6.99. The van der Waals surface area contributed by atoms with Crippen LogP contribution in [0, 0.1) is 6.92 Å². The number of hydrogen-bond acceptors (Lipinski definition) is 7. The van der Waals surface area contributed by atoms with E-state index in [0.717, 1.165) is 27.8 Å². The van der Waals surface area contributed by atoms with Crippen LogP contribution in [0.15, 0.2) is 39.7 Å². The van der Waals surface area contributed by atoms with Crippen LogP contribution in [0.1, 0.15) is 21.7 Å². The van der Waals surface area contributed by atoms with Gasteiger partial charge in [0.15, 0.2) is 0 Å². The van der Waals surface area contributed by atoms with Gasteiger partial charge in [-0.25, -0.2) is 4.79 Å². The Bertz CT molecular complexity index is 961. The van der Waals surface area contributed by atoms with Crippen molar-refractivity contribution >= 4 is 35.0 Å². The smallest absolute Gasteiger partial charge is 0.338 e. The predicted octanol–water partition coefficient (Wildman–Crippen LogP) is 3.72. The molecule has 1 aliphatic rings. The number of imide groups is 1. The molecule has 2 heterocycles. The van der Waals surface area contributed by atoms with Gasteiger partial charge in [0, 0.05) is 18.7 Å². The average Bonchev–Trinajstić information content (AvgIpc) is 3.25. The van der Waals surface area contributed by atoms with Crippen LogP contribution in [0.5, 0.6) is 0 Å². The molecule has 0 unspecified atom stereocenters. The maximum Gasteiger partial charge on any atom is 0.338 e. The lowest BCUT2D eigenvalue weighted by Gasteiger charge is -2.10. The van der Waals surface area contributed by atoms with E-state index in [1.807, 2.05) is 13.0 Å². The van der Waals surface area contributed by atoms with Crippen LogP contribution < -0.4 is 0 Å². The van der Waals surface area contributed by atoms with E-state index >= 15 is 0 Å². The van der Waals surface area contributed by atoms with Crippen molar-refractivity contribution in [1.82, 2.24) is 4.90 Å². The third kappa shape index (κ3) is 3.88. The Morgan fingerprint density at radius 2 is 2.00 bits per heavy atom. The molecule has 0 radical (unpaired) electrons. The molecule has 0 spiro atoms. The van der Waals surface area contributed by atoms with Crippen molar-refractivity contribution in [3.63, 3.8) is 0 Å². The molecule has 8 heteroatoms. The fourth-order valence-corrected chi connectivity index (χ4v) is 3.66. The number of hydrogen-bond donors (Lipinski definition) is 0. The SMILES string of the molecule is COCCN1C(=O)S/C(=C/c2ccc(-c3cccc(C(=O)OC)c3C)o2)C1=O. The summed E-state index contributed by atoms with van der Waals surface area (Å²) in [6.45, 7) is 2.30. The summed E-state index contributed by atoms with van der Waals surface area (Å²) in [5.41, 5.74) is 1.93. The molecule has 0 bridgehead atoms. The largest absolute Gasteiger partial charge is 0.465 e. The average molecular weight is 401 g/mol. The fourth-order valence-electron chi connectivity index (χ4n) is 2.81. The molecule has 28 heavy (non-hydrogen) atoms. The van der Waals surface area contributed by atoms with E-state index in [2.05, 4.69) is 0 Å². The number of methoxy groups -OCH3 is 2. The minimum absolute atomic E-state index is 0.210. The molecular weight excluding hydrogens is 382 g/mol. The zero-order valence-electron chi connectivity index (χ0n) is 15.7. The van der Waals surface area contributed by atoms with Gasteiger partial charge in [0.25, 0.3) is 11.1 Å². The molecule has 1 fully saturated rings.